The van der Waals surface area contributed by atoms with Crippen LogP contribution in [0.4, 0.5) is 0 Å². The number of fused-ring (bicyclic) bond motifs is 1. The molecule has 4 heterocycles. The summed E-state index contributed by atoms with van der Waals surface area (Å²) in [5.41, 5.74) is 6.14. The van der Waals surface area contributed by atoms with Crippen molar-refractivity contribution in [3.8, 4) is 0 Å². The summed E-state index contributed by atoms with van der Waals surface area (Å²) in [4.78, 5) is 40.3. The Morgan fingerprint density at radius 2 is 1.73 bits per heavy atom. The fraction of sp³-hybridized carbons (Fsp3) is 0.150. The van der Waals surface area contributed by atoms with E-state index < -0.39 is 23.4 Å². The van der Waals surface area contributed by atoms with Gasteiger partial charge in [0, 0.05) is 9.75 Å². The first kappa shape index (κ1) is 20.3. The van der Waals surface area contributed by atoms with Gasteiger partial charge in [-0.3, -0.25) is 9.36 Å². The number of hydrogen-bond donors (Lipinski definition) is 1. The topological polar surface area (TPSA) is 101 Å². The smallest absolute Gasteiger partial charge is 0.338 e. The van der Waals surface area contributed by atoms with E-state index in [1.807, 2.05) is 29.0 Å². The first-order valence-corrected chi connectivity index (χ1v) is 11.3. The molecule has 3 aromatic heterocycles. The van der Waals surface area contributed by atoms with Gasteiger partial charge >= 0.3 is 11.9 Å². The lowest BCUT2D eigenvalue weighted by molar-refractivity contribution is -0.136. The molecule has 7 nitrogen and oxygen atoms in total. The molecular formula is C20H16N2O5S3. The predicted molar refractivity (Wildman–Crippen MR) is 118 cm³/mol. The van der Waals surface area contributed by atoms with Gasteiger partial charge in [-0.15, -0.1) is 34.0 Å². The molecule has 30 heavy (non-hydrogen) atoms. The van der Waals surface area contributed by atoms with Crippen LogP contribution in [0.25, 0.3) is 17.5 Å². The highest BCUT2D eigenvalue weighted by Crippen LogP contribution is 2.39. The zero-order chi connectivity index (χ0) is 21.4. The molecule has 154 valence electrons. The van der Waals surface area contributed by atoms with E-state index in [0.29, 0.717) is 9.20 Å². The zero-order valence-corrected chi connectivity index (χ0v) is 18.4. The van der Waals surface area contributed by atoms with Crippen LogP contribution in [0.5, 0.6) is 0 Å². The quantitative estimate of drug-likeness (QED) is 0.589. The predicted octanol–water partition coefficient (Wildman–Crippen LogP) is 1.28. The number of methoxy groups -OCH3 is 2. The van der Waals surface area contributed by atoms with Crippen molar-refractivity contribution in [1.82, 2.24) is 4.57 Å². The van der Waals surface area contributed by atoms with E-state index in [2.05, 4.69) is 0 Å². The number of rotatable bonds is 4. The van der Waals surface area contributed by atoms with E-state index in [9.17, 15) is 14.4 Å². The summed E-state index contributed by atoms with van der Waals surface area (Å²) in [6.07, 6.45) is 1.74. The van der Waals surface area contributed by atoms with E-state index >= 15 is 0 Å². The molecule has 0 aliphatic carbocycles. The van der Waals surface area contributed by atoms with Crippen LogP contribution in [0.3, 0.4) is 0 Å². The Hall–Kier alpha value is -2.95. The van der Waals surface area contributed by atoms with Crippen LogP contribution < -0.4 is 20.5 Å². The third-order valence-electron chi connectivity index (χ3n) is 4.60. The first-order chi connectivity index (χ1) is 14.5. The Morgan fingerprint density at radius 3 is 2.33 bits per heavy atom. The number of aromatic nitrogens is 1. The molecule has 4 rings (SSSR count). The molecule has 3 aromatic rings. The molecule has 0 fully saturated rings. The van der Waals surface area contributed by atoms with E-state index in [4.69, 9.17) is 15.2 Å². The van der Waals surface area contributed by atoms with Gasteiger partial charge in [0.2, 0.25) is 0 Å². The number of nitrogens with zero attached hydrogens (tertiary/aromatic N) is 1. The summed E-state index contributed by atoms with van der Waals surface area (Å²) in [5.74, 6) is -2.19. The van der Waals surface area contributed by atoms with Gasteiger partial charge in [0.25, 0.3) is 5.56 Å². The van der Waals surface area contributed by atoms with Crippen LogP contribution in [-0.2, 0) is 19.1 Å². The number of ether oxygens (including phenoxy) is 2. The monoisotopic (exact) mass is 460 g/mol. The van der Waals surface area contributed by atoms with Crippen LogP contribution >= 0.6 is 34.0 Å². The molecule has 0 amide bonds. The minimum Gasteiger partial charge on any atom is -0.466 e. The van der Waals surface area contributed by atoms with Crippen LogP contribution in [0.2, 0.25) is 0 Å². The van der Waals surface area contributed by atoms with Crippen molar-refractivity contribution >= 4 is 63.4 Å². The Balaban J connectivity index is 2.14. The molecule has 0 saturated heterocycles. The molecule has 0 bridgehead atoms. The van der Waals surface area contributed by atoms with Crippen molar-refractivity contribution in [1.29, 1.82) is 0 Å². The summed E-state index contributed by atoms with van der Waals surface area (Å²) in [5, 5.41) is 3.74. The van der Waals surface area contributed by atoms with Crippen molar-refractivity contribution < 1.29 is 19.1 Å². The summed E-state index contributed by atoms with van der Waals surface area (Å²) < 4.78 is 11.9. The second-order valence-electron chi connectivity index (χ2n) is 6.22. The SMILES string of the molecule is COC(=O)C1=C(N)n2c(s/c(=C\c3cccs3)c2=O)=C(C(=O)OC)[C@@H]1c1cccs1. The second-order valence-corrected chi connectivity index (χ2v) is 9.21. The molecule has 0 unspecified atom stereocenters. The average molecular weight is 461 g/mol. The Bertz CT molecular complexity index is 1330. The second kappa shape index (κ2) is 8.05. The lowest BCUT2D eigenvalue weighted by atomic mass is 9.88. The molecule has 2 N–H and O–H groups in total. The number of thiophene rings is 2. The van der Waals surface area contributed by atoms with Gasteiger partial charge in [-0.2, -0.15) is 0 Å². The largest absolute Gasteiger partial charge is 0.466 e. The number of carbonyl (C=O) groups excluding carboxylic acids is 2. The van der Waals surface area contributed by atoms with Crippen molar-refractivity contribution in [3.05, 3.63) is 69.9 Å². The Kier molecular flexibility index (Phi) is 5.46. The van der Waals surface area contributed by atoms with Crippen molar-refractivity contribution in [2.24, 2.45) is 5.73 Å². The molecule has 1 atom stereocenters. The van der Waals surface area contributed by atoms with E-state index in [1.165, 1.54) is 41.5 Å². The van der Waals surface area contributed by atoms with E-state index in [1.54, 1.807) is 12.1 Å². The van der Waals surface area contributed by atoms with Gasteiger partial charge in [0.05, 0.1) is 35.8 Å². The fourth-order valence-electron chi connectivity index (χ4n) is 3.31. The van der Waals surface area contributed by atoms with Crippen molar-refractivity contribution in [3.63, 3.8) is 0 Å². The molecule has 1 aliphatic rings. The zero-order valence-electron chi connectivity index (χ0n) is 15.9. The summed E-state index contributed by atoms with van der Waals surface area (Å²) in [6.45, 7) is 0. The van der Waals surface area contributed by atoms with Gasteiger partial charge in [-0.1, -0.05) is 12.1 Å². The third-order valence-corrected chi connectivity index (χ3v) is 7.47. The number of carbonyl (C=O) groups is 2. The Morgan fingerprint density at radius 1 is 1.07 bits per heavy atom. The highest BCUT2D eigenvalue weighted by atomic mass is 32.1. The average Bonchev–Trinajstić information content (AvgIpc) is 3.50. The van der Waals surface area contributed by atoms with Gasteiger partial charge in [0.1, 0.15) is 10.5 Å². The minimum atomic E-state index is -0.794. The van der Waals surface area contributed by atoms with Gasteiger partial charge < -0.3 is 15.2 Å². The number of esters is 2. The third kappa shape index (κ3) is 3.22. The highest BCUT2D eigenvalue weighted by molar-refractivity contribution is 7.11. The van der Waals surface area contributed by atoms with E-state index in [0.717, 1.165) is 21.1 Å². The maximum Gasteiger partial charge on any atom is 0.338 e. The summed E-state index contributed by atoms with van der Waals surface area (Å²) in [7, 11) is 2.49. The Labute approximate surface area is 182 Å². The molecule has 1 aliphatic heterocycles. The van der Waals surface area contributed by atoms with E-state index in [-0.39, 0.29) is 17.0 Å². The van der Waals surface area contributed by atoms with Crippen molar-refractivity contribution in [2.75, 3.05) is 14.2 Å². The maximum absolute atomic E-state index is 13.2. The number of thiazole rings is 1. The molecule has 0 spiro atoms. The molecule has 0 aromatic carbocycles. The summed E-state index contributed by atoms with van der Waals surface area (Å²) in [6, 6.07) is 7.37. The minimum absolute atomic E-state index is 0.0374. The van der Waals surface area contributed by atoms with Crippen LogP contribution in [-0.4, -0.2) is 30.7 Å². The van der Waals surface area contributed by atoms with Crippen molar-refractivity contribution in [2.45, 2.75) is 5.92 Å². The van der Waals surface area contributed by atoms with Gasteiger partial charge in [-0.25, -0.2) is 9.59 Å². The van der Waals surface area contributed by atoms with Gasteiger partial charge in [-0.05, 0) is 29.0 Å². The highest BCUT2D eigenvalue weighted by Gasteiger charge is 2.40. The van der Waals surface area contributed by atoms with Crippen LogP contribution in [0.1, 0.15) is 15.7 Å². The maximum atomic E-state index is 13.2. The number of hydrogen-bond acceptors (Lipinski definition) is 9. The number of nitrogens with two attached hydrogens (primary N) is 1. The first-order valence-electron chi connectivity index (χ1n) is 8.69. The normalized spacial score (nSPS) is 16.5. The fourth-order valence-corrected chi connectivity index (χ4v) is 6.04. The standard InChI is InChI=1S/C20H16N2O5S3/c1-26-19(24)14-13(11-6-4-8-29-11)15(20(25)27-2)18-22(16(14)21)17(23)12(30-18)9-10-5-3-7-28-10/h3-9,13H,21H2,1-2H3/b12-9-/t13-/m1/s1. The van der Waals surface area contributed by atoms with Gasteiger partial charge in [0.15, 0.2) is 0 Å². The lowest BCUT2D eigenvalue weighted by Gasteiger charge is -2.25. The molecule has 0 radical (unpaired) electrons. The summed E-state index contributed by atoms with van der Waals surface area (Å²) >= 11 is 3.99. The molecule has 0 saturated carbocycles. The van der Waals surface area contributed by atoms with Crippen LogP contribution in [0, 0.1) is 0 Å². The molecular weight excluding hydrogens is 444 g/mol. The van der Waals surface area contributed by atoms with Crippen LogP contribution in [0.15, 0.2) is 45.4 Å². The molecule has 10 heteroatoms. The lowest BCUT2D eigenvalue weighted by Crippen LogP contribution is -2.41.